The van der Waals surface area contributed by atoms with Gasteiger partial charge in [-0.2, -0.15) is 0 Å². The van der Waals surface area contributed by atoms with Crippen molar-refractivity contribution in [2.45, 2.75) is 0 Å². The van der Waals surface area contributed by atoms with Crippen LogP contribution in [0.15, 0.2) is 174 Å². The Kier molecular flexibility index (Phi) is 4.01. The van der Waals surface area contributed by atoms with Gasteiger partial charge in [0.2, 0.25) is 0 Å². The van der Waals surface area contributed by atoms with Crippen LogP contribution in [0.25, 0.3) is 88.0 Å². The summed E-state index contributed by atoms with van der Waals surface area (Å²) in [7, 11) is 0. The lowest BCUT2D eigenvalue weighted by atomic mass is 9.84. The van der Waals surface area contributed by atoms with Crippen LogP contribution in [-0.4, -0.2) is 0 Å². The SMILES string of the molecule is [2H]c1c([2H])c([2H])c(-c2c3ccccc3c(-c3c([2H])c([2H])c4c(oc5c(-c6ccccc6)c([2H])c([2H])c([2H])c54)c3[2H])c3ccccc23)c(-c2ccccc2)c1[2H]. The topological polar surface area (TPSA) is 13.1 Å². The minimum atomic E-state index is -0.372. The molecule has 210 valence electrons. The number of rotatable bonds is 4. The summed E-state index contributed by atoms with van der Waals surface area (Å²) < 4.78 is 96.9. The highest BCUT2D eigenvalue weighted by molar-refractivity contribution is 6.23. The molecule has 0 spiro atoms. The summed E-state index contributed by atoms with van der Waals surface area (Å²) in [5.74, 6) is 0. The molecular formula is C44H28O. The molecule has 0 fully saturated rings. The van der Waals surface area contributed by atoms with Crippen LogP contribution in [0.1, 0.15) is 13.7 Å². The molecule has 1 nitrogen and oxygen atoms in total. The van der Waals surface area contributed by atoms with Gasteiger partial charge in [0.25, 0.3) is 0 Å². The third-order valence-electron chi connectivity index (χ3n) is 8.31. The zero-order valence-electron chi connectivity index (χ0n) is 33.8. The second kappa shape index (κ2) is 10.4. The smallest absolute Gasteiger partial charge is 0.143 e. The van der Waals surface area contributed by atoms with Gasteiger partial charge in [0.05, 0.1) is 13.7 Å². The van der Waals surface area contributed by atoms with Crippen LogP contribution in [0, 0.1) is 0 Å². The van der Waals surface area contributed by atoms with Gasteiger partial charge in [0.1, 0.15) is 11.2 Å². The average Bonchev–Trinajstić information content (AvgIpc) is 3.61. The molecular weight excluding hydrogens is 544 g/mol. The van der Waals surface area contributed by atoms with Crippen molar-refractivity contribution in [1.82, 2.24) is 0 Å². The van der Waals surface area contributed by atoms with Crippen molar-refractivity contribution in [2.75, 3.05) is 0 Å². The molecule has 0 aliphatic carbocycles. The molecule has 1 heterocycles. The first-order valence-electron chi connectivity index (χ1n) is 19.6. The molecule has 9 rings (SSSR count). The lowest BCUT2D eigenvalue weighted by Crippen LogP contribution is -1.92. The van der Waals surface area contributed by atoms with Crippen LogP contribution in [0.5, 0.6) is 0 Å². The Bertz CT molecular complexity index is 3030. The van der Waals surface area contributed by atoms with Gasteiger partial charge in [-0.25, -0.2) is 0 Å². The Labute approximate surface area is 275 Å². The number of para-hydroxylation sites is 1. The Morgan fingerprint density at radius 2 is 0.911 bits per heavy atom. The van der Waals surface area contributed by atoms with E-state index < -0.39 is 0 Å². The molecule has 0 radical (unpaired) electrons. The molecule has 1 heteroatoms. The third-order valence-corrected chi connectivity index (χ3v) is 8.31. The first-order chi connectivity index (χ1) is 26.5. The molecule has 0 bridgehead atoms. The zero-order chi connectivity index (χ0) is 38.4. The molecule has 0 atom stereocenters. The summed E-state index contributed by atoms with van der Waals surface area (Å²) in [4.78, 5) is 0. The summed E-state index contributed by atoms with van der Waals surface area (Å²) in [6, 6.07) is 30.0. The Morgan fingerprint density at radius 3 is 1.56 bits per heavy atom. The lowest BCUT2D eigenvalue weighted by Gasteiger charge is -2.19. The molecule has 0 aliphatic rings. The van der Waals surface area contributed by atoms with Gasteiger partial charge in [-0.05, 0) is 72.6 Å². The Morgan fingerprint density at radius 1 is 0.378 bits per heavy atom. The van der Waals surface area contributed by atoms with E-state index in [1.54, 1.807) is 24.3 Å². The molecule has 1 aromatic heterocycles. The maximum absolute atomic E-state index is 9.68. The maximum atomic E-state index is 9.68. The Hall–Kier alpha value is -5.92. The lowest BCUT2D eigenvalue weighted by molar-refractivity contribution is 0.670. The molecule has 0 saturated heterocycles. The summed E-state index contributed by atoms with van der Waals surface area (Å²) in [5, 5.41) is 2.57. The zero-order valence-corrected chi connectivity index (χ0v) is 23.8. The van der Waals surface area contributed by atoms with Crippen molar-refractivity contribution in [1.29, 1.82) is 0 Å². The summed E-state index contributed by atoms with van der Waals surface area (Å²) >= 11 is 0. The van der Waals surface area contributed by atoms with Crippen LogP contribution in [0.3, 0.4) is 0 Å². The minimum Gasteiger partial charge on any atom is -0.455 e. The molecule has 9 aromatic rings. The van der Waals surface area contributed by atoms with Gasteiger partial charge in [-0.15, -0.1) is 0 Å². The minimum absolute atomic E-state index is 0.0394. The van der Waals surface area contributed by atoms with Gasteiger partial charge in [-0.3, -0.25) is 0 Å². The second-order valence-corrected chi connectivity index (χ2v) is 10.8. The van der Waals surface area contributed by atoms with E-state index in [0.717, 1.165) is 0 Å². The van der Waals surface area contributed by atoms with E-state index in [1.807, 2.05) is 84.9 Å². The fraction of sp³-hybridized carbons (Fsp3) is 0. The van der Waals surface area contributed by atoms with Crippen molar-refractivity contribution in [2.24, 2.45) is 0 Å². The van der Waals surface area contributed by atoms with Gasteiger partial charge in [0.15, 0.2) is 0 Å². The number of hydrogen-bond acceptors (Lipinski definition) is 1. The number of furan rings is 1. The monoisotopic (exact) mass is 582 g/mol. The molecule has 0 N–H and O–H groups in total. The highest BCUT2D eigenvalue weighted by Gasteiger charge is 2.20. The van der Waals surface area contributed by atoms with Crippen LogP contribution in [0.2, 0.25) is 0 Å². The van der Waals surface area contributed by atoms with Gasteiger partial charge in [-0.1, -0.05) is 158 Å². The highest BCUT2D eigenvalue weighted by atomic mass is 16.3. The normalized spacial score (nSPS) is 14.7. The number of benzene rings is 8. The number of fused-ring (bicyclic) bond motifs is 5. The first kappa shape index (κ1) is 17.4. The quantitative estimate of drug-likeness (QED) is 0.188. The first-order valence-corrected chi connectivity index (χ1v) is 14.6. The van der Waals surface area contributed by atoms with Crippen LogP contribution in [-0.2, 0) is 0 Å². The predicted molar refractivity (Wildman–Crippen MR) is 190 cm³/mol. The van der Waals surface area contributed by atoms with E-state index in [9.17, 15) is 5.48 Å². The molecule has 0 amide bonds. The van der Waals surface area contributed by atoms with E-state index >= 15 is 0 Å². The van der Waals surface area contributed by atoms with E-state index in [0.29, 0.717) is 54.9 Å². The molecule has 0 aliphatic heterocycles. The summed E-state index contributed by atoms with van der Waals surface area (Å²) in [6.07, 6.45) is 0. The maximum Gasteiger partial charge on any atom is 0.143 e. The fourth-order valence-electron chi connectivity index (χ4n) is 6.34. The summed E-state index contributed by atoms with van der Waals surface area (Å²) in [5.41, 5.74) is 3.33. The van der Waals surface area contributed by atoms with Crippen molar-refractivity contribution in [3.8, 4) is 44.5 Å². The van der Waals surface area contributed by atoms with Gasteiger partial charge in [0, 0.05) is 16.3 Å². The van der Waals surface area contributed by atoms with Crippen LogP contribution in [0.4, 0.5) is 0 Å². The fourth-order valence-corrected chi connectivity index (χ4v) is 6.34. The van der Waals surface area contributed by atoms with E-state index in [4.69, 9.17) is 12.6 Å². The second-order valence-electron chi connectivity index (χ2n) is 10.8. The highest BCUT2D eigenvalue weighted by Crippen LogP contribution is 2.47. The standard InChI is InChI=1S/C44H28O/c1-3-14-29(15-4-1)32-18-7-8-19-35(32)43-38-22-11-9-20-36(38)42(37-21-10-12-23-39(37)43)31-26-27-34-40-25-13-24-33(30-16-5-2-6-17-30)44(40)45-41(34)28-31/h1-28H/i7D,8D,13D,18D,19D,24D,25D,26D,27D,28D. The van der Waals surface area contributed by atoms with Crippen molar-refractivity contribution in [3.05, 3.63) is 170 Å². The van der Waals surface area contributed by atoms with E-state index in [1.165, 1.54) is 0 Å². The molecule has 0 saturated carbocycles. The average molecular weight is 583 g/mol. The number of hydrogen-bond donors (Lipinski definition) is 0. The van der Waals surface area contributed by atoms with Crippen molar-refractivity contribution >= 4 is 43.5 Å². The summed E-state index contributed by atoms with van der Waals surface area (Å²) in [6.45, 7) is 0. The Balaban J connectivity index is 1.44. The van der Waals surface area contributed by atoms with E-state index in [2.05, 4.69) is 0 Å². The van der Waals surface area contributed by atoms with Crippen molar-refractivity contribution in [3.63, 3.8) is 0 Å². The molecule has 8 aromatic carbocycles. The predicted octanol–water partition coefficient (Wildman–Crippen LogP) is 12.6. The van der Waals surface area contributed by atoms with Gasteiger partial charge < -0.3 is 4.42 Å². The largest absolute Gasteiger partial charge is 0.455 e. The van der Waals surface area contributed by atoms with Crippen molar-refractivity contribution < 1.29 is 18.1 Å². The van der Waals surface area contributed by atoms with Crippen LogP contribution < -0.4 is 0 Å². The molecule has 0 unspecified atom stereocenters. The van der Waals surface area contributed by atoms with Gasteiger partial charge >= 0.3 is 0 Å². The molecule has 45 heavy (non-hydrogen) atoms. The van der Waals surface area contributed by atoms with E-state index in [-0.39, 0.29) is 93.5 Å². The third kappa shape index (κ3) is 4.09. The van der Waals surface area contributed by atoms with Crippen LogP contribution >= 0.6 is 0 Å².